The molecule has 0 spiro atoms. The third kappa shape index (κ3) is 3.49. The lowest BCUT2D eigenvalue weighted by Gasteiger charge is -2.26. The van der Waals surface area contributed by atoms with Gasteiger partial charge in [-0.15, -0.1) is 0 Å². The van der Waals surface area contributed by atoms with Crippen LogP contribution < -0.4 is 10.5 Å². The standard InChI is InChI=1S/C13H19N3O3S/c1-19-12-8-10(2-3-11(12)13(14)15)9-16-4-6-20(17,18)7-5-16/h2-3,8H,4-7,9H2,1H3,(H3,14,15). The number of hydrogen-bond acceptors (Lipinski definition) is 5. The summed E-state index contributed by atoms with van der Waals surface area (Å²) in [6.45, 7) is 1.78. The van der Waals surface area contributed by atoms with Crippen LogP contribution in [0.25, 0.3) is 0 Å². The molecular formula is C13H19N3O3S. The Morgan fingerprint density at radius 1 is 1.40 bits per heavy atom. The Balaban J connectivity index is 2.09. The number of rotatable bonds is 4. The van der Waals surface area contributed by atoms with Gasteiger partial charge in [-0.25, -0.2) is 8.42 Å². The Kier molecular flexibility index (Phi) is 4.29. The van der Waals surface area contributed by atoms with Gasteiger partial charge in [-0.1, -0.05) is 6.07 Å². The van der Waals surface area contributed by atoms with Crippen LogP contribution in [0, 0.1) is 5.41 Å². The molecule has 6 nitrogen and oxygen atoms in total. The van der Waals surface area contributed by atoms with Gasteiger partial charge in [-0.05, 0) is 17.7 Å². The molecule has 110 valence electrons. The van der Waals surface area contributed by atoms with Gasteiger partial charge in [-0.3, -0.25) is 10.3 Å². The van der Waals surface area contributed by atoms with Crippen LogP contribution in [0.5, 0.6) is 5.75 Å². The molecule has 1 aliphatic rings. The van der Waals surface area contributed by atoms with E-state index in [-0.39, 0.29) is 17.3 Å². The fourth-order valence-corrected chi connectivity index (χ4v) is 3.50. The van der Waals surface area contributed by atoms with Crippen molar-refractivity contribution >= 4 is 15.7 Å². The number of amidine groups is 1. The third-order valence-electron chi connectivity index (χ3n) is 3.40. The van der Waals surface area contributed by atoms with Gasteiger partial charge >= 0.3 is 0 Å². The Labute approximate surface area is 119 Å². The van der Waals surface area contributed by atoms with Gasteiger partial charge in [0.1, 0.15) is 11.6 Å². The third-order valence-corrected chi connectivity index (χ3v) is 5.01. The van der Waals surface area contributed by atoms with E-state index < -0.39 is 9.84 Å². The molecule has 1 aliphatic heterocycles. The maximum Gasteiger partial charge on any atom is 0.152 e. The quantitative estimate of drug-likeness (QED) is 0.612. The molecule has 1 saturated heterocycles. The zero-order valence-electron chi connectivity index (χ0n) is 11.4. The van der Waals surface area contributed by atoms with Crippen molar-refractivity contribution in [1.82, 2.24) is 4.90 Å². The van der Waals surface area contributed by atoms with E-state index in [0.29, 0.717) is 30.9 Å². The lowest BCUT2D eigenvalue weighted by molar-refractivity contribution is 0.287. The maximum absolute atomic E-state index is 11.4. The zero-order chi connectivity index (χ0) is 14.8. The fourth-order valence-electron chi connectivity index (χ4n) is 2.22. The Morgan fingerprint density at radius 2 is 2.05 bits per heavy atom. The zero-order valence-corrected chi connectivity index (χ0v) is 12.2. The predicted octanol–water partition coefficient (Wildman–Crippen LogP) is 0.210. The topological polar surface area (TPSA) is 96.5 Å². The number of nitrogen functional groups attached to an aromatic ring is 1. The first kappa shape index (κ1) is 14.8. The summed E-state index contributed by atoms with van der Waals surface area (Å²) in [5.74, 6) is 0.975. The van der Waals surface area contributed by atoms with E-state index in [1.165, 1.54) is 0 Å². The SMILES string of the molecule is COc1cc(CN2CCS(=O)(=O)CC2)ccc1C(=N)N. The summed E-state index contributed by atoms with van der Waals surface area (Å²) < 4.78 is 28.0. The molecule has 2 rings (SSSR count). The number of hydrogen-bond donors (Lipinski definition) is 2. The summed E-state index contributed by atoms with van der Waals surface area (Å²) in [6.07, 6.45) is 0. The summed E-state index contributed by atoms with van der Waals surface area (Å²) in [5, 5.41) is 7.47. The van der Waals surface area contributed by atoms with Gasteiger partial charge < -0.3 is 10.5 Å². The van der Waals surface area contributed by atoms with Crippen LogP contribution in [0.15, 0.2) is 18.2 Å². The van der Waals surface area contributed by atoms with Crippen molar-refractivity contribution < 1.29 is 13.2 Å². The minimum Gasteiger partial charge on any atom is -0.496 e. The highest BCUT2D eigenvalue weighted by Gasteiger charge is 2.21. The van der Waals surface area contributed by atoms with Gasteiger partial charge in [0, 0.05) is 19.6 Å². The summed E-state index contributed by atoms with van der Waals surface area (Å²) in [7, 11) is -1.31. The van der Waals surface area contributed by atoms with Crippen LogP contribution in [0.3, 0.4) is 0 Å². The van der Waals surface area contributed by atoms with Crippen molar-refractivity contribution in [1.29, 1.82) is 5.41 Å². The lowest BCUT2D eigenvalue weighted by atomic mass is 10.1. The highest BCUT2D eigenvalue weighted by atomic mass is 32.2. The summed E-state index contributed by atoms with van der Waals surface area (Å²) in [4.78, 5) is 2.10. The lowest BCUT2D eigenvalue weighted by Crippen LogP contribution is -2.39. The van der Waals surface area contributed by atoms with E-state index in [4.69, 9.17) is 15.9 Å². The molecule has 1 aromatic rings. The number of nitrogens with one attached hydrogen (secondary N) is 1. The molecule has 0 bridgehead atoms. The molecule has 1 heterocycles. The number of nitrogens with two attached hydrogens (primary N) is 1. The van der Waals surface area contributed by atoms with E-state index in [0.717, 1.165) is 5.56 Å². The van der Waals surface area contributed by atoms with Crippen LogP contribution in [-0.2, 0) is 16.4 Å². The molecular weight excluding hydrogens is 278 g/mol. The summed E-state index contributed by atoms with van der Waals surface area (Å²) >= 11 is 0. The van der Waals surface area contributed by atoms with Crippen LogP contribution in [-0.4, -0.2) is 50.9 Å². The van der Waals surface area contributed by atoms with Crippen LogP contribution >= 0.6 is 0 Å². The van der Waals surface area contributed by atoms with Crippen molar-refractivity contribution in [3.05, 3.63) is 29.3 Å². The highest BCUT2D eigenvalue weighted by Crippen LogP contribution is 2.21. The first-order chi connectivity index (χ1) is 9.41. The van der Waals surface area contributed by atoms with Crippen LogP contribution in [0.2, 0.25) is 0 Å². The second-order valence-electron chi connectivity index (χ2n) is 4.88. The molecule has 0 aliphatic carbocycles. The monoisotopic (exact) mass is 297 g/mol. The van der Waals surface area contributed by atoms with Crippen molar-refractivity contribution in [2.24, 2.45) is 5.73 Å². The van der Waals surface area contributed by atoms with Gasteiger partial charge in [0.05, 0.1) is 24.2 Å². The molecule has 3 N–H and O–H groups in total. The molecule has 1 fully saturated rings. The van der Waals surface area contributed by atoms with Gasteiger partial charge in [-0.2, -0.15) is 0 Å². The van der Waals surface area contributed by atoms with Crippen molar-refractivity contribution in [3.63, 3.8) is 0 Å². The first-order valence-corrected chi connectivity index (χ1v) is 8.17. The Hall–Kier alpha value is -1.60. The highest BCUT2D eigenvalue weighted by molar-refractivity contribution is 7.91. The van der Waals surface area contributed by atoms with E-state index in [2.05, 4.69) is 4.90 Å². The molecule has 20 heavy (non-hydrogen) atoms. The number of methoxy groups -OCH3 is 1. The van der Waals surface area contributed by atoms with Gasteiger partial charge in [0.15, 0.2) is 9.84 Å². The van der Waals surface area contributed by atoms with E-state index >= 15 is 0 Å². The number of benzene rings is 1. The largest absolute Gasteiger partial charge is 0.496 e. The van der Waals surface area contributed by atoms with Gasteiger partial charge in [0.25, 0.3) is 0 Å². The molecule has 0 radical (unpaired) electrons. The Bertz CT molecular complexity index is 599. The van der Waals surface area contributed by atoms with Crippen LogP contribution in [0.1, 0.15) is 11.1 Å². The maximum atomic E-state index is 11.4. The molecule has 0 aromatic heterocycles. The molecule has 0 amide bonds. The molecule has 7 heteroatoms. The van der Waals surface area contributed by atoms with E-state index in [1.54, 1.807) is 13.2 Å². The van der Waals surface area contributed by atoms with Crippen LogP contribution in [0.4, 0.5) is 0 Å². The average molecular weight is 297 g/mol. The number of ether oxygens (including phenoxy) is 1. The van der Waals surface area contributed by atoms with E-state index in [9.17, 15) is 8.42 Å². The minimum atomic E-state index is -2.85. The number of sulfone groups is 1. The fraction of sp³-hybridized carbons (Fsp3) is 0.462. The average Bonchev–Trinajstić information content (AvgIpc) is 2.40. The molecule has 0 atom stereocenters. The normalized spacial score (nSPS) is 18.6. The molecule has 0 saturated carbocycles. The Morgan fingerprint density at radius 3 is 2.60 bits per heavy atom. The van der Waals surface area contributed by atoms with Crippen molar-refractivity contribution in [2.45, 2.75) is 6.54 Å². The smallest absolute Gasteiger partial charge is 0.152 e. The summed E-state index contributed by atoms with van der Waals surface area (Å²) in [5.41, 5.74) is 7.07. The van der Waals surface area contributed by atoms with Crippen molar-refractivity contribution in [3.8, 4) is 5.75 Å². The van der Waals surface area contributed by atoms with E-state index in [1.807, 2.05) is 12.1 Å². The molecule has 0 unspecified atom stereocenters. The first-order valence-electron chi connectivity index (χ1n) is 6.35. The minimum absolute atomic E-state index is 0.0301. The second-order valence-corrected chi connectivity index (χ2v) is 7.18. The molecule has 1 aromatic carbocycles. The second kappa shape index (κ2) is 5.80. The number of nitrogens with zero attached hydrogens (tertiary/aromatic N) is 1. The van der Waals surface area contributed by atoms with Crippen molar-refractivity contribution in [2.75, 3.05) is 31.7 Å². The summed E-state index contributed by atoms with van der Waals surface area (Å²) in [6, 6.07) is 5.50. The predicted molar refractivity (Wildman–Crippen MR) is 77.9 cm³/mol. The van der Waals surface area contributed by atoms with Gasteiger partial charge in [0.2, 0.25) is 0 Å².